The van der Waals surface area contributed by atoms with Crippen LogP contribution in [0.4, 0.5) is 5.95 Å². The van der Waals surface area contributed by atoms with E-state index in [1.165, 1.54) is 12.1 Å². The summed E-state index contributed by atoms with van der Waals surface area (Å²) in [6.07, 6.45) is 0.925. The van der Waals surface area contributed by atoms with E-state index < -0.39 is 22.5 Å². The first-order valence-corrected chi connectivity index (χ1v) is 5.01. The Kier molecular flexibility index (Phi) is 3.28. The van der Waals surface area contributed by atoms with Crippen LogP contribution in [0.2, 0.25) is 0 Å². The molecule has 1 heterocycles. The quantitative estimate of drug-likeness (QED) is 0.216. The zero-order valence-corrected chi connectivity index (χ0v) is 9.37. The van der Waals surface area contributed by atoms with Gasteiger partial charge < -0.3 is 15.3 Å². The number of nitro groups is 1. The van der Waals surface area contributed by atoms with E-state index in [1.807, 2.05) is 0 Å². The van der Waals surface area contributed by atoms with Crippen molar-refractivity contribution in [2.75, 3.05) is 0 Å². The standard InChI is InChI=1S/C10H7N5O4/c16-8(7-4-2-1-3-5-7)9(13-17)14-6-11-10(12-14)15(18)19/h1-6,17H. The molecule has 2 aromatic rings. The largest absolute Gasteiger partial charge is 0.491 e. The van der Waals surface area contributed by atoms with E-state index in [0.29, 0.717) is 0 Å². The van der Waals surface area contributed by atoms with Crippen LogP contribution >= 0.6 is 0 Å². The molecule has 0 bridgehead atoms. The second-order valence-electron chi connectivity index (χ2n) is 3.37. The summed E-state index contributed by atoms with van der Waals surface area (Å²) in [6.45, 7) is 0. The molecule has 9 heteroatoms. The molecule has 0 fully saturated rings. The second kappa shape index (κ2) is 5.04. The minimum absolute atomic E-state index is 0.258. The molecular formula is C10H7N5O4. The molecule has 1 N–H and O–H groups in total. The number of carbonyl (C=O) groups excluding carboxylic acids is 1. The third-order valence-electron chi connectivity index (χ3n) is 2.19. The molecule has 0 aliphatic rings. The Bertz CT molecular complexity index is 649. The highest BCUT2D eigenvalue weighted by Crippen LogP contribution is 2.05. The summed E-state index contributed by atoms with van der Waals surface area (Å²) in [4.78, 5) is 25.0. The van der Waals surface area contributed by atoms with Gasteiger partial charge in [-0.2, -0.15) is 0 Å². The van der Waals surface area contributed by atoms with Crippen molar-refractivity contribution < 1.29 is 14.9 Å². The summed E-state index contributed by atoms with van der Waals surface area (Å²) >= 11 is 0. The molecule has 1 aromatic carbocycles. The van der Waals surface area contributed by atoms with Crippen LogP contribution in [0.25, 0.3) is 0 Å². The number of oxime groups is 1. The van der Waals surface area contributed by atoms with Gasteiger partial charge in [-0.1, -0.05) is 40.5 Å². The number of Topliss-reactive ketones (excluding diaryl/α,β-unsaturated/α-hetero) is 1. The molecule has 0 radical (unpaired) electrons. The highest BCUT2D eigenvalue weighted by molar-refractivity contribution is 6.45. The van der Waals surface area contributed by atoms with E-state index in [9.17, 15) is 14.9 Å². The number of hydrogen-bond acceptors (Lipinski definition) is 7. The van der Waals surface area contributed by atoms with Crippen molar-refractivity contribution >= 4 is 17.6 Å². The van der Waals surface area contributed by atoms with Crippen LogP contribution < -0.4 is 0 Å². The monoisotopic (exact) mass is 261 g/mol. The summed E-state index contributed by atoms with van der Waals surface area (Å²) in [6, 6.07) is 8.00. The summed E-state index contributed by atoms with van der Waals surface area (Å²) in [5.74, 6) is -1.81. The van der Waals surface area contributed by atoms with Gasteiger partial charge in [0.1, 0.15) is 0 Å². The van der Waals surface area contributed by atoms with Crippen molar-refractivity contribution in [1.29, 1.82) is 0 Å². The lowest BCUT2D eigenvalue weighted by Gasteiger charge is -1.99. The van der Waals surface area contributed by atoms with Crippen LogP contribution in [0.1, 0.15) is 10.4 Å². The highest BCUT2D eigenvalue weighted by atomic mass is 16.6. The van der Waals surface area contributed by atoms with E-state index >= 15 is 0 Å². The summed E-state index contributed by atoms with van der Waals surface area (Å²) in [7, 11) is 0. The molecule has 2 rings (SSSR count). The number of nitrogens with zero attached hydrogens (tertiary/aromatic N) is 5. The minimum atomic E-state index is -0.821. The van der Waals surface area contributed by atoms with E-state index in [-0.39, 0.29) is 5.56 Å². The van der Waals surface area contributed by atoms with Gasteiger partial charge in [0, 0.05) is 10.7 Å². The molecule has 1 aromatic heterocycles. The van der Waals surface area contributed by atoms with Crippen molar-refractivity contribution in [3.8, 4) is 0 Å². The van der Waals surface area contributed by atoms with E-state index in [2.05, 4.69) is 15.2 Å². The normalized spacial score (nSPS) is 11.3. The lowest BCUT2D eigenvalue weighted by molar-refractivity contribution is -0.394. The third-order valence-corrected chi connectivity index (χ3v) is 2.19. The highest BCUT2D eigenvalue weighted by Gasteiger charge is 2.23. The van der Waals surface area contributed by atoms with Crippen molar-refractivity contribution in [2.24, 2.45) is 5.16 Å². The van der Waals surface area contributed by atoms with Crippen LogP contribution in [0.5, 0.6) is 0 Å². The van der Waals surface area contributed by atoms with Gasteiger partial charge in [-0.15, -0.1) is 4.68 Å². The minimum Gasteiger partial charge on any atom is -0.409 e. The Morgan fingerprint density at radius 3 is 2.58 bits per heavy atom. The Balaban J connectivity index is 2.35. The molecule has 0 amide bonds. The van der Waals surface area contributed by atoms with Gasteiger partial charge >= 0.3 is 5.95 Å². The van der Waals surface area contributed by atoms with E-state index in [1.54, 1.807) is 18.2 Å². The zero-order valence-electron chi connectivity index (χ0n) is 9.37. The molecule has 0 unspecified atom stereocenters. The lowest BCUT2D eigenvalue weighted by Crippen LogP contribution is -2.23. The number of aromatic nitrogens is 3. The van der Waals surface area contributed by atoms with Crippen LogP contribution in [0.3, 0.4) is 0 Å². The molecule has 0 spiro atoms. The maximum absolute atomic E-state index is 12.0. The Morgan fingerprint density at radius 2 is 2.05 bits per heavy atom. The molecule has 0 aliphatic carbocycles. The lowest BCUT2D eigenvalue weighted by atomic mass is 10.1. The van der Waals surface area contributed by atoms with Gasteiger partial charge in [-0.25, -0.2) is 0 Å². The fraction of sp³-hybridized carbons (Fsp3) is 0. The summed E-state index contributed by atoms with van der Waals surface area (Å²) < 4.78 is 0.744. The van der Waals surface area contributed by atoms with Crippen LogP contribution in [-0.2, 0) is 0 Å². The fourth-order valence-electron chi connectivity index (χ4n) is 1.35. The first-order valence-electron chi connectivity index (χ1n) is 5.01. The van der Waals surface area contributed by atoms with Gasteiger partial charge in [-0.3, -0.25) is 4.79 Å². The zero-order chi connectivity index (χ0) is 13.8. The first-order chi connectivity index (χ1) is 9.13. The summed E-state index contributed by atoms with van der Waals surface area (Å²) in [5, 5.41) is 25.5. The van der Waals surface area contributed by atoms with Gasteiger partial charge in [0.15, 0.2) is 0 Å². The van der Waals surface area contributed by atoms with Gasteiger partial charge in [0.25, 0.3) is 5.84 Å². The number of rotatable bonds is 3. The molecule has 19 heavy (non-hydrogen) atoms. The molecular weight excluding hydrogens is 254 g/mol. The van der Waals surface area contributed by atoms with Crippen molar-refractivity contribution in [3.63, 3.8) is 0 Å². The third kappa shape index (κ3) is 2.44. The Hall–Kier alpha value is -3.10. The molecule has 96 valence electrons. The maximum atomic E-state index is 12.0. The number of benzene rings is 1. The van der Waals surface area contributed by atoms with Gasteiger partial charge in [0.2, 0.25) is 12.1 Å². The van der Waals surface area contributed by atoms with E-state index in [4.69, 9.17) is 5.21 Å². The predicted molar refractivity (Wildman–Crippen MR) is 62.1 cm³/mol. The van der Waals surface area contributed by atoms with Crippen molar-refractivity contribution in [3.05, 3.63) is 52.3 Å². The van der Waals surface area contributed by atoms with Crippen molar-refractivity contribution in [2.45, 2.75) is 0 Å². The predicted octanol–water partition coefficient (Wildman–Crippen LogP) is 0.705. The number of carbonyl (C=O) groups is 1. The van der Waals surface area contributed by atoms with Gasteiger partial charge in [0.05, 0.1) is 0 Å². The maximum Gasteiger partial charge on any atom is 0.491 e. The Labute approximate surface area is 106 Å². The van der Waals surface area contributed by atoms with E-state index in [0.717, 1.165) is 11.0 Å². The second-order valence-corrected chi connectivity index (χ2v) is 3.37. The van der Waals surface area contributed by atoms with Gasteiger partial charge in [-0.05, 0) is 4.92 Å². The average molecular weight is 261 g/mol. The van der Waals surface area contributed by atoms with Crippen molar-refractivity contribution in [1.82, 2.24) is 14.8 Å². The van der Waals surface area contributed by atoms with Crippen LogP contribution in [0.15, 0.2) is 41.8 Å². The topological polar surface area (TPSA) is 124 Å². The molecule has 0 atom stereocenters. The van der Waals surface area contributed by atoms with Crippen LogP contribution in [0, 0.1) is 10.1 Å². The molecule has 9 nitrogen and oxygen atoms in total. The molecule has 0 saturated carbocycles. The van der Waals surface area contributed by atoms with Crippen LogP contribution in [-0.4, -0.2) is 36.5 Å². The summed E-state index contributed by atoms with van der Waals surface area (Å²) in [5.41, 5.74) is 0.258. The molecule has 0 aliphatic heterocycles. The molecule has 0 saturated heterocycles. The average Bonchev–Trinajstić information content (AvgIpc) is 2.90. The number of hydrogen-bond donors (Lipinski definition) is 1. The Morgan fingerprint density at radius 1 is 1.37 bits per heavy atom. The fourth-order valence-corrected chi connectivity index (χ4v) is 1.35. The number of ketones is 1. The SMILES string of the molecule is O=C(C(=NO)n1cnc([N+](=O)[O-])n1)c1ccccc1. The smallest absolute Gasteiger partial charge is 0.409 e. The first kappa shape index (κ1) is 12.4.